The maximum absolute atomic E-state index is 13.7. The Labute approximate surface area is 232 Å². The highest BCUT2D eigenvalue weighted by molar-refractivity contribution is 8.00. The Morgan fingerprint density at radius 3 is 2.74 bits per heavy atom. The number of hydrogen-bond donors (Lipinski definition) is 1. The van der Waals surface area contributed by atoms with Crippen LogP contribution in [0.2, 0.25) is 19.1 Å². The third-order valence-corrected chi connectivity index (χ3v) is 14.1. The highest BCUT2D eigenvalue weighted by Crippen LogP contribution is 2.41. The Balaban J connectivity index is 1.40. The summed E-state index contributed by atoms with van der Waals surface area (Å²) in [6.07, 6.45) is 4.84. The van der Waals surface area contributed by atoms with E-state index in [9.17, 15) is 14.7 Å². The van der Waals surface area contributed by atoms with Crippen LogP contribution in [0.25, 0.3) is 22.3 Å². The van der Waals surface area contributed by atoms with E-state index in [0.717, 1.165) is 45.2 Å². The van der Waals surface area contributed by atoms with Crippen LogP contribution in [0.15, 0.2) is 52.7 Å². The number of imidazole rings is 1. The maximum atomic E-state index is 13.7. The number of cyclic esters (lactones) is 1. The molecule has 0 saturated heterocycles. The van der Waals surface area contributed by atoms with Gasteiger partial charge in [-0.2, -0.15) is 19.1 Å². The monoisotopic (exact) mass is 560 g/mol. The molecule has 6 rings (SSSR count). The van der Waals surface area contributed by atoms with Crippen LogP contribution in [0.3, 0.4) is 0 Å². The second-order valence-corrected chi connectivity index (χ2v) is 17.9. The molecule has 5 heterocycles. The van der Waals surface area contributed by atoms with Crippen molar-refractivity contribution >= 4 is 36.7 Å². The summed E-state index contributed by atoms with van der Waals surface area (Å²) in [4.78, 5) is 35.7. The summed E-state index contributed by atoms with van der Waals surface area (Å²) in [6, 6.07) is 11.0. The van der Waals surface area contributed by atoms with Crippen LogP contribution in [0, 0.1) is 0 Å². The van der Waals surface area contributed by atoms with Gasteiger partial charge in [0.25, 0.3) is 5.56 Å². The van der Waals surface area contributed by atoms with Crippen molar-refractivity contribution < 1.29 is 14.6 Å². The minimum Gasteiger partial charge on any atom is -0.458 e. The van der Waals surface area contributed by atoms with Gasteiger partial charge >= 0.3 is 5.97 Å². The van der Waals surface area contributed by atoms with E-state index in [-0.39, 0.29) is 18.6 Å². The van der Waals surface area contributed by atoms with Gasteiger partial charge < -0.3 is 19.0 Å². The Morgan fingerprint density at radius 2 is 2.00 bits per heavy atom. The molecule has 0 saturated carbocycles. The fraction of sp³-hybridized carbons (Fsp3) is 0.379. The number of fused-ring (bicyclic) bond motifs is 5. The second-order valence-electron chi connectivity index (χ2n) is 11.3. The topological polar surface area (TPSA) is 99.2 Å². The van der Waals surface area contributed by atoms with E-state index in [0.29, 0.717) is 23.4 Å². The summed E-state index contributed by atoms with van der Waals surface area (Å²) in [5.74, 6) is -0.706. The van der Waals surface area contributed by atoms with E-state index in [1.807, 2.05) is 49.4 Å². The van der Waals surface area contributed by atoms with Gasteiger partial charge in [0.15, 0.2) is 10.8 Å². The molecule has 39 heavy (non-hydrogen) atoms. The van der Waals surface area contributed by atoms with Gasteiger partial charge in [0, 0.05) is 36.0 Å². The zero-order valence-electron chi connectivity index (χ0n) is 22.7. The molecule has 0 unspecified atom stereocenters. The molecule has 4 aromatic rings. The number of para-hydroxylation sites is 1. The highest BCUT2D eigenvalue weighted by atomic mass is 32.2. The van der Waals surface area contributed by atoms with Gasteiger partial charge in [0.2, 0.25) is 0 Å². The summed E-state index contributed by atoms with van der Waals surface area (Å²) >= 11 is 1.83. The SMILES string of the molecule is CC[C@@]1(O)C(=O)OCc2c1cc1n(c2=O)Cc2c-1nc1ccccc1c2CC[Si-](C)(C)CSc1nccn1C. The fourth-order valence-corrected chi connectivity index (χ4v) is 9.67. The Kier molecular flexibility index (Phi) is 6.32. The predicted molar refractivity (Wildman–Crippen MR) is 154 cm³/mol. The number of carbonyl (C=O) groups excluding carboxylic acids is 1. The van der Waals surface area contributed by atoms with Gasteiger partial charge in [-0.15, -0.1) is 25.2 Å². The second kappa shape index (κ2) is 9.46. The van der Waals surface area contributed by atoms with E-state index in [1.165, 1.54) is 5.56 Å². The van der Waals surface area contributed by atoms with Crippen molar-refractivity contribution in [2.75, 3.05) is 5.38 Å². The van der Waals surface area contributed by atoms with Crippen molar-refractivity contribution in [1.82, 2.24) is 19.1 Å². The Bertz CT molecular complexity index is 1690. The fourth-order valence-electron chi connectivity index (χ4n) is 5.68. The van der Waals surface area contributed by atoms with E-state index in [1.54, 1.807) is 17.6 Å². The number of thioether (sulfide) groups is 1. The standard InChI is InChI=1S/C29H32N4O4SSi/c1-5-29(36)22-14-24-25-20(15-33(24)26(34)21(22)16-37-27(29)35)18(19-8-6-7-9-23(19)31-25)10-13-39(3,4)17-38-28-30-11-12-32(28)2/h6-9,11-12,14,36H,5,10,13,15-17H2,1-4H3/q-1/t29-/m0/s1. The molecule has 0 spiro atoms. The molecule has 3 aromatic heterocycles. The van der Waals surface area contributed by atoms with Crippen LogP contribution >= 0.6 is 11.8 Å². The minimum atomic E-state index is -1.83. The van der Waals surface area contributed by atoms with Crippen molar-refractivity contribution in [2.24, 2.45) is 7.05 Å². The average molecular weight is 561 g/mol. The van der Waals surface area contributed by atoms with Crippen molar-refractivity contribution in [1.29, 1.82) is 0 Å². The number of pyridine rings is 2. The molecular formula is C29H32N4O4SSi-. The van der Waals surface area contributed by atoms with Crippen molar-refractivity contribution in [3.63, 3.8) is 0 Å². The van der Waals surface area contributed by atoms with Crippen LogP contribution in [0.1, 0.15) is 35.6 Å². The van der Waals surface area contributed by atoms with Crippen molar-refractivity contribution in [2.45, 2.75) is 62.8 Å². The molecular weight excluding hydrogens is 528 g/mol. The van der Waals surface area contributed by atoms with E-state index in [2.05, 4.69) is 28.7 Å². The van der Waals surface area contributed by atoms with Crippen molar-refractivity contribution in [3.8, 4) is 11.4 Å². The molecule has 0 bridgehead atoms. The smallest absolute Gasteiger partial charge is 0.343 e. The quantitative estimate of drug-likeness (QED) is 0.179. The molecule has 0 fully saturated rings. The van der Waals surface area contributed by atoms with Gasteiger partial charge in [-0.05, 0) is 24.1 Å². The molecule has 1 N–H and O–H groups in total. The van der Waals surface area contributed by atoms with Crippen LogP contribution in [0.5, 0.6) is 0 Å². The first-order valence-electron chi connectivity index (χ1n) is 13.3. The Hall–Kier alpha value is -3.21. The summed E-state index contributed by atoms with van der Waals surface area (Å²) in [5, 5.41) is 14.4. The van der Waals surface area contributed by atoms with Crippen LogP contribution in [-0.2, 0) is 41.8 Å². The molecule has 2 aliphatic rings. The van der Waals surface area contributed by atoms with Gasteiger partial charge in [-0.3, -0.25) is 4.79 Å². The summed E-state index contributed by atoms with van der Waals surface area (Å²) < 4.78 is 9.02. The number of nitrogens with zero attached hydrogens (tertiary/aromatic N) is 4. The maximum Gasteiger partial charge on any atom is 0.343 e. The number of hydrogen-bond acceptors (Lipinski definition) is 7. The molecule has 8 nitrogen and oxygen atoms in total. The zero-order chi connectivity index (χ0) is 27.5. The van der Waals surface area contributed by atoms with Crippen molar-refractivity contribution in [3.05, 3.63) is 75.3 Å². The lowest BCUT2D eigenvalue weighted by Crippen LogP contribution is -2.44. The molecule has 1 atom stereocenters. The molecule has 0 radical (unpaired) electrons. The summed E-state index contributed by atoms with van der Waals surface area (Å²) in [7, 11) is 0.430. The normalized spacial score (nSPS) is 18.1. The number of aromatic nitrogens is 4. The lowest BCUT2D eigenvalue weighted by Gasteiger charge is -2.33. The predicted octanol–water partition coefficient (Wildman–Crippen LogP) is 4.40. The van der Waals surface area contributed by atoms with E-state index in [4.69, 9.17) is 9.72 Å². The number of ether oxygens (including phenoxy) is 1. The van der Waals surface area contributed by atoms with E-state index < -0.39 is 19.6 Å². The third-order valence-electron chi connectivity index (χ3n) is 8.13. The summed E-state index contributed by atoms with van der Waals surface area (Å²) in [6.45, 7) is 6.86. The van der Waals surface area contributed by atoms with Gasteiger partial charge in [0.05, 0.1) is 29.0 Å². The third kappa shape index (κ3) is 4.25. The number of esters is 1. The average Bonchev–Trinajstić information content (AvgIpc) is 3.51. The summed E-state index contributed by atoms with van der Waals surface area (Å²) in [5.41, 5.74) is 3.24. The first-order valence-corrected chi connectivity index (χ1v) is 17.7. The molecule has 10 heteroatoms. The Morgan fingerprint density at radius 1 is 1.21 bits per heavy atom. The number of aliphatic hydroxyl groups is 1. The first-order chi connectivity index (χ1) is 18.6. The largest absolute Gasteiger partial charge is 0.458 e. The number of carbonyl (C=O) groups is 1. The first kappa shape index (κ1) is 26.0. The van der Waals surface area contributed by atoms with Gasteiger partial charge in [0.1, 0.15) is 6.61 Å². The van der Waals surface area contributed by atoms with Gasteiger partial charge in [-0.1, -0.05) is 31.5 Å². The van der Waals surface area contributed by atoms with Gasteiger partial charge in [-0.25, -0.2) is 14.8 Å². The number of aryl methyl sites for hydroxylation is 2. The lowest BCUT2D eigenvalue weighted by molar-refractivity contribution is -0.172. The minimum absolute atomic E-state index is 0.123. The van der Waals surface area contributed by atoms with Crippen LogP contribution in [-0.4, -0.2) is 43.6 Å². The molecule has 0 amide bonds. The van der Waals surface area contributed by atoms with Crippen LogP contribution < -0.4 is 5.56 Å². The molecule has 1 aromatic carbocycles. The number of benzene rings is 1. The molecule has 2 aliphatic heterocycles. The molecule has 0 aliphatic carbocycles. The lowest BCUT2D eigenvalue weighted by atomic mass is 9.86. The highest BCUT2D eigenvalue weighted by Gasteiger charge is 2.45. The number of rotatable bonds is 7. The van der Waals surface area contributed by atoms with E-state index >= 15 is 0 Å². The molecule has 203 valence electrons. The zero-order valence-corrected chi connectivity index (χ0v) is 24.5. The van der Waals surface area contributed by atoms with Crippen LogP contribution in [0.4, 0.5) is 0 Å².